The van der Waals surface area contributed by atoms with E-state index >= 15 is 0 Å². The van der Waals surface area contributed by atoms with E-state index in [1.54, 1.807) is 25.4 Å². The summed E-state index contributed by atoms with van der Waals surface area (Å²) < 4.78 is 0. The van der Waals surface area contributed by atoms with Crippen LogP contribution in [0.1, 0.15) is 18.1 Å². The number of carbonyl (C=O) groups is 2. The van der Waals surface area contributed by atoms with E-state index in [4.69, 9.17) is 0 Å². The van der Waals surface area contributed by atoms with Crippen molar-refractivity contribution < 1.29 is 9.59 Å². The van der Waals surface area contributed by atoms with Gasteiger partial charge in [-0.05, 0) is 38.0 Å². The fraction of sp³-hybridized carbons (Fsp3) is 0.294. The molecule has 1 aromatic heterocycles. The lowest BCUT2D eigenvalue weighted by Crippen LogP contribution is -2.37. The summed E-state index contributed by atoms with van der Waals surface area (Å²) in [6, 6.07) is 7.51. The Morgan fingerprint density at radius 3 is 2.38 bits per heavy atom. The summed E-state index contributed by atoms with van der Waals surface area (Å²) in [6.07, 6.45) is 3.25. The number of rotatable bonds is 6. The summed E-state index contributed by atoms with van der Waals surface area (Å²) in [5.74, 6) is -0.488. The lowest BCUT2D eigenvalue weighted by molar-refractivity contribution is -0.123. The maximum Gasteiger partial charge on any atom is 0.243 e. The van der Waals surface area contributed by atoms with Crippen LogP contribution < -0.4 is 10.6 Å². The largest absolute Gasteiger partial charge is 0.346 e. The number of hydrogen-bond donors (Lipinski definition) is 2. The van der Waals surface area contributed by atoms with Gasteiger partial charge in [-0.2, -0.15) is 0 Å². The van der Waals surface area contributed by atoms with Crippen molar-refractivity contribution >= 4 is 29.3 Å². The van der Waals surface area contributed by atoms with Gasteiger partial charge in [0, 0.05) is 18.1 Å². The number of nitrogens with zero attached hydrogens (tertiary/aromatic N) is 2. The zero-order chi connectivity index (χ0) is 17.5. The molecule has 1 unspecified atom stereocenters. The molecule has 126 valence electrons. The van der Waals surface area contributed by atoms with E-state index < -0.39 is 0 Å². The Morgan fingerprint density at radius 2 is 1.75 bits per heavy atom. The molecule has 0 aliphatic rings. The zero-order valence-corrected chi connectivity index (χ0v) is 14.7. The van der Waals surface area contributed by atoms with Crippen LogP contribution in [-0.4, -0.2) is 33.6 Å². The minimum Gasteiger partial charge on any atom is -0.346 e. The van der Waals surface area contributed by atoms with Crippen molar-refractivity contribution in [2.24, 2.45) is 0 Å². The van der Waals surface area contributed by atoms with Crippen molar-refractivity contribution in [3.63, 3.8) is 0 Å². The second-order valence-electron chi connectivity index (χ2n) is 5.32. The number of thioether (sulfide) groups is 1. The molecule has 24 heavy (non-hydrogen) atoms. The molecule has 6 nitrogen and oxygen atoms in total. The van der Waals surface area contributed by atoms with Crippen LogP contribution in [0.2, 0.25) is 0 Å². The molecule has 2 aromatic rings. The second kappa shape index (κ2) is 8.44. The van der Waals surface area contributed by atoms with Gasteiger partial charge >= 0.3 is 0 Å². The standard InChI is InChI=1S/C17H20N4O2S/c1-11-6-4-7-12(2)15(11)21-14(22)10-20-16(23)13(3)24-17-18-8-5-9-19-17/h4-9,13H,10H2,1-3H3,(H,20,23)(H,21,22). The predicted octanol–water partition coefficient (Wildman–Crippen LogP) is 2.33. The number of carbonyl (C=O) groups excluding carboxylic acids is 2. The zero-order valence-electron chi connectivity index (χ0n) is 13.9. The van der Waals surface area contributed by atoms with Crippen molar-refractivity contribution in [3.05, 3.63) is 47.8 Å². The Balaban J connectivity index is 1.84. The first-order valence-electron chi connectivity index (χ1n) is 7.55. The molecular weight excluding hydrogens is 324 g/mol. The van der Waals surface area contributed by atoms with E-state index in [2.05, 4.69) is 20.6 Å². The number of aryl methyl sites for hydroxylation is 2. The van der Waals surface area contributed by atoms with Gasteiger partial charge in [0.05, 0.1) is 11.8 Å². The minimum absolute atomic E-state index is 0.0762. The molecule has 2 N–H and O–H groups in total. The molecule has 1 atom stereocenters. The van der Waals surface area contributed by atoms with Gasteiger partial charge in [-0.25, -0.2) is 9.97 Å². The SMILES string of the molecule is Cc1cccc(C)c1NC(=O)CNC(=O)C(C)Sc1ncccn1. The predicted molar refractivity (Wildman–Crippen MR) is 94.9 cm³/mol. The molecule has 1 heterocycles. The van der Waals surface area contributed by atoms with Crippen molar-refractivity contribution in [2.45, 2.75) is 31.2 Å². The average Bonchev–Trinajstić information content (AvgIpc) is 2.57. The fourth-order valence-electron chi connectivity index (χ4n) is 2.06. The van der Waals surface area contributed by atoms with Gasteiger partial charge in [0.2, 0.25) is 11.8 Å². The molecule has 0 aliphatic carbocycles. The third kappa shape index (κ3) is 5.06. The molecule has 0 saturated heterocycles. The Bertz CT molecular complexity index is 702. The van der Waals surface area contributed by atoms with Gasteiger partial charge in [0.1, 0.15) is 0 Å². The molecular formula is C17H20N4O2S. The summed E-state index contributed by atoms with van der Waals surface area (Å²) in [5, 5.41) is 5.61. The molecule has 0 spiro atoms. The van der Waals surface area contributed by atoms with Gasteiger partial charge in [0.15, 0.2) is 5.16 Å². The number of benzene rings is 1. The van der Waals surface area contributed by atoms with Gasteiger partial charge in [-0.1, -0.05) is 30.0 Å². The van der Waals surface area contributed by atoms with Gasteiger partial charge in [-0.3, -0.25) is 9.59 Å². The Labute approximate surface area is 145 Å². The van der Waals surface area contributed by atoms with Crippen LogP contribution in [0.25, 0.3) is 0 Å². The molecule has 0 radical (unpaired) electrons. The Kier molecular flexibility index (Phi) is 6.31. The highest BCUT2D eigenvalue weighted by atomic mass is 32.2. The van der Waals surface area contributed by atoms with Gasteiger partial charge < -0.3 is 10.6 Å². The van der Waals surface area contributed by atoms with Crippen LogP contribution >= 0.6 is 11.8 Å². The van der Waals surface area contributed by atoms with E-state index in [1.165, 1.54) is 11.8 Å². The quantitative estimate of drug-likeness (QED) is 0.621. The first-order chi connectivity index (χ1) is 11.5. The van der Waals surface area contributed by atoms with E-state index in [-0.39, 0.29) is 23.6 Å². The number of anilines is 1. The topological polar surface area (TPSA) is 84.0 Å². The Morgan fingerprint density at radius 1 is 1.12 bits per heavy atom. The van der Waals surface area contributed by atoms with E-state index in [0.29, 0.717) is 5.16 Å². The highest BCUT2D eigenvalue weighted by molar-refractivity contribution is 8.00. The summed E-state index contributed by atoms with van der Waals surface area (Å²) in [7, 11) is 0. The number of amides is 2. The lowest BCUT2D eigenvalue weighted by Gasteiger charge is -2.13. The monoisotopic (exact) mass is 344 g/mol. The molecule has 0 fully saturated rings. The smallest absolute Gasteiger partial charge is 0.243 e. The lowest BCUT2D eigenvalue weighted by atomic mass is 10.1. The third-order valence-electron chi connectivity index (χ3n) is 3.36. The van der Waals surface area contributed by atoms with E-state index in [0.717, 1.165) is 16.8 Å². The first kappa shape index (κ1) is 17.9. The maximum atomic E-state index is 12.1. The Hall–Kier alpha value is -2.41. The first-order valence-corrected chi connectivity index (χ1v) is 8.43. The van der Waals surface area contributed by atoms with Crippen LogP contribution in [0, 0.1) is 13.8 Å². The average molecular weight is 344 g/mol. The van der Waals surface area contributed by atoms with E-state index in [1.807, 2.05) is 32.0 Å². The van der Waals surface area contributed by atoms with Crippen molar-refractivity contribution in [2.75, 3.05) is 11.9 Å². The molecule has 0 aliphatic heterocycles. The molecule has 0 bridgehead atoms. The number of nitrogens with one attached hydrogen (secondary N) is 2. The fourth-order valence-corrected chi connectivity index (χ4v) is 2.81. The van der Waals surface area contributed by atoms with Crippen LogP contribution in [0.3, 0.4) is 0 Å². The molecule has 0 saturated carbocycles. The van der Waals surface area contributed by atoms with Crippen LogP contribution in [-0.2, 0) is 9.59 Å². The van der Waals surface area contributed by atoms with Crippen LogP contribution in [0.4, 0.5) is 5.69 Å². The van der Waals surface area contributed by atoms with Crippen LogP contribution in [0.5, 0.6) is 0 Å². The number of hydrogen-bond acceptors (Lipinski definition) is 5. The third-order valence-corrected chi connectivity index (χ3v) is 4.35. The summed E-state index contributed by atoms with van der Waals surface area (Å²) in [5.41, 5.74) is 2.76. The second-order valence-corrected chi connectivity index (χ2v) is 6.63. The summed E-state index contributed by atoms with van der Waals surface area (Å²) in [4.78, 5) is 32.2. The maximum absolute atomic E-state index is 12.1. The molecule has 7 heteroatoms. The van der Waals surface area contributed by atoms with Gasteiger partial charge in [-0.15, -0.1) is 0 Å². The normalized spacial score (nSPS) is 11.6. The van der Waals surface area contributed by atoms with E-state index in [9.17, 15) is 9.59 Å². The van der Waals surface area contributed by atoms with Gasteiger partial charge in [0.25, 0.3) is 0 Å². The molecule has 1 aromatic carbocycles. The van der Waals surface area contributed by atoms with Crippen LogP contribution in [0.15, 0.2) is 41.8 Å². The molecule has 2 rings (SSSR count). The minimum atomic E-state index is -0.389. The number of aromatic nitrogens is 2. The van der Waals surface area contributed by atoms with Crippen molar-refractivity contribution in [1.82, 2.24) is 15.3 Å². The highest BCUT2D eigenvalue weighted by Gasteiger charge is 2.16. The highest BCUT2D eigenvalue weighted by Crippen LogP contribution is 2.19. The number of para-hydroxylation sites is 1. The van der Waals surface area contributed by atoms with Crippen molar-refractivity contribution in [1.29, 1.82) is 0 Å². The molecule has 2 amide bonds. The van der Waals surface area contributed by atoms with Crippen molar-refractivity contribution in [3.8, 4) is 0 Å². The summed E-state index contributed by atoms with van der Waals surface area (Å²) in [6.45, 7) is 5.53. The summed E-state index contributed by atoms with van der Waals surface area (Å²) >= 11 is 1.25.